The molecule has 0 atom stereocenters. The van der Waals surface area contributed by atoms with Gasteiger partial charge in [0.15, 0.2) is 11.6 Å². The lowest BCUT2D eigenvalue weighted by Crippen LogP contribution is -2.04. The first-order valence-corrected chi connectivity index (χ1v) is 5.33. The van der Waals surface area contributed by atoms with Crippen LogP contribution in [0.25, 0.3) is 0 Å². The monoisotopic (exact) mass is 262 g/mol. The predicted molar refractivity (Wildman–Crippen MR) is 67.5 cm³/mol. The number of nitrogens with two attached hydrogens (primary N) is 1. The Labute approximate surface area is 108 Å². The number of methoxy groups -OCH3 is 1. The first-order chi connectivity index (χ1) is 9.10. The van der Waals surface area contributed by atoms with Crippen molar-refractivity contribution in [3.63, 3.8) is 0 Å². The number of carbonyl (C=O) groups is 1. The van der Waals surface area contributed by atoms with Gasteiger partial charge >= 0.3 is 5.97 Å². The topological polar surface area (TPSA) is 90.1 Å². The summed E-state index contributed by atoms with van der Waals surface area (Å²) in [5, 5.41) is 2.72. The Balaban J connectivity index is 2.28. The maximum Gasteiger partial charge on any atom is 0.337 e. The van der Waals surface area contributed by atoms with Crippen molar-refractivity contribution in [3.05, 3.63) is 41.8 Å². The SMILES string of the molecule is COC(=O)c1cccc(Nc2nc(N)ncc2F)c1. The summed E-state index contributed by atoms with van der Waals surface area (Å²) in [6.07, 6.45) is 0.967. The second kappa shape index (κ2) is 5.30. The van der Waals surface area contributed by atoms with Gasteiger partial charge in [-0.15, -0.1) is 0 Å². The molecule has 98 valence electrons. The molecule has 0 fully saturated rings. The number of nitrogens with one attached hydrogen (secondary N) is 1. The molecule has 1 heterocycles. The average molecular weight is 262 g/mol. The van der Waals surface area contributed by atoms with E-state index in [1.165, 1.54) is 13.2 Å². The van der Waals surface area contributed by atoms with Crippen LogP contribution in [0.4, 0.5) is 21.8 Å². The third-order valence-corrected chi connectivity index (χ3v) is 2.31. The van der Waals surface area contributed by atoms with Crippen molar-refractivity contribution in [3.8, 4) is 0 Å². The van der Waals surface area contributed by atoms with Gasteiger partial charge in [-0.2, -0.15) is 4.98 Å². The molecule has 0 radical (unpaired) electrons. The Hall–Kier alpha value is -2.70. The molecule has 0 spiro atoms. The van der Waals surface area contributed by atoms with E-state index in [2.05, 4.69) is 20.0 Å². The van der Waals surface area contributed by atoms with Gasteiger partial charge in [-0.3, -0.25) is 0 Å². The normalized spacial score (nSPS) is 10.0. The number of carbonyl (C=O) groups excluding carboxylic acids is 1. The largest absolute Gasteiger partial charge is 0.465 e. The lowest BCUT2D eigenvalue weighted by molar-refractivity contribution is 0.0601. The number of nitrogens with zero attached hydrogens (tertiary/aromatic N) is 2. The number of rotatable bonds is 3. The van der Waals surface area contributed by atoms with E-state index in [-0.39, 0.29) is 11.8 Å². The second-order valence-electron chi connectivity index (χ2n) is 3.62. The number of hydrogen-bond acceptors (Lipinski definition) is 6. The number of hydrogen-bond donors (Lipinski definition) is 2. The van der Waals surface area contributed by atoms with E-state index in [4.69, 9.17) is 5.73 Å². The predicted octanol–water partition coefficient (Wildman–Crippen LogP) is 1.73. The lowest BCUT2D eigenvalue weighted by atomic mass is 10.2. The minimum atomic E-state index is -0.641. The van der Waals surface area contributed by atoms with E-state index < -0.39 is 11.8 Å². The average Bonchev–Trinajstić information content (AvgIpc) is 2.42. The molecule has 0 saturated carbocycles. The van der Waals surface area contributed by atoms with Gasteiger partial charge in [0.05, 0.1) is 18.9 Å². The highest BCUT2D eigenvalue weighted by molar-refractivity contribution is 5.90. The maximum atomic E-state index is 13.4. The molecule has 7 heteroatoms. The van der Waals surface area contributed by atoms with Gasteiger partial charge in [-0.05, 0) is 18.2 Å². The summed E-state index contributed by atoms with van der Waals surface area (Å²) >= 11 is 0. The third kappa shape index (κ3) is 2.95. The molecule has 1 aromatic heterocycles. The minimum absolute atomic E-state index is 0.0481. The van der Waals surface area contributed by atoms with E-state index in [9.17, 15) is 9.18 Å². The molecule has 0 unspecified atom stereocenters. The van der Waals surface area contributed by atoms with Crippen molar-refractivity contribution in [1.29, 1.82) is 0 Å². The number of aromatic nitrogens is 2. The molecule has 19 heavy (non-hydrogen) atoms. The van der Waals surface area contributed by atoms with Crippen molar-refractivity contribution in [1.82, 2.24) is 9.97 Å². The van der Waals surface area contributed by atoms with Crippen LogP contribution in [0.5, 0.6) is 0 Å². The van der Waals surface area contributed by atoms with Crippen LogP contribution in [0, 0.1) is 5.82 Å². The van der Waals surface area contributed by atoms with Crippen molar-refractivity contribution >= 4 is 23.4 Å². The summed E-state index contributed by atoms with van der Waals surface area (Å²) in [6, 6.07) is 6.40. The Bertz CT molecular complexity index is 618. The Morgan fingerprint density at radius 1 is 1.47 bits per heavy atom. The lowest BCUT2D eigenvalue weighted by Gasteiger charge is -2.08. The zero-order valence-electron chi connectivity index (χ0n) is 10.1. The van der Waals surface area contributed by atoms with Crippen molar-refractivity contribution in [2.75, 3.05) is 18.2 Å². The quantitative estimate of drug-likeness (QED) is 0.819. The smallest absolute Gasteiger partial charge is 0.337 e. The van der Waals surface area contributed by atoms with E-state index in [1.807, 2.05) is 0 Å². The number of ether oxygens (including phenoxy) is 1. The van der Waals surface area contributed by atoms with Gasteiger partial charge in [-0.25, -0.2) is 14.2 Å². The molecule has 1 aromatic carbocycles. The van der Waals surface area contributed by atoms with E-state index in [0.717, 1.165) is 6.20 Å². The molecular formula is C12H11FN4O2. The summed E-state index contributed by atoms with van der Waals surface area (Å²) in [5.41, 5.74) is 6.21. The fourth-order valence-corrected chi connectivity index (χ4v) is 1.45. The van der Waals surface area contributed by atoms with Gasteiger partial charge in [0.2, 0.25) is 5.95 Å². The summed E-state index contributed by atoms with van der Waals surface area (Å²) < 4.78 is 18.0. The van der Waals surface area contributed by atoms with E-state index >= 15 is 0 Å². The van der Waals surface area contributed by atoms with Crippen LogP contribution in [0.2, 0.25) is 0 Å². The Morgan fingerprint density at radius 2 is 2.26 bits per heavy atom. The number of benzene rings is 1. The number of nitrogen functional groups attached to an aromatic ring is 1. The molecule has 6 nitrogen and oxygen atoms in total. The minimum Gasteiger partial charge on any atom is -0.465 e. The number of anilines is 3. The van der Waals surface area contributed by atoms with Crippen molar-refractivity contribution in [2.45, 2.75) is 0 Å². The molecule has 0 bridgehead atoms. The molecule has 0 aliphatic heterocycles. The highest BCUT2D eigenvalue weighted by Gasteiger charge is 2.09. The van der Waals surface area contributed by atoms with Crippen LogP contribution >= 0.6 is 0 Å². The molecule has 0 aliphatic carbocycles. The van der Waals surface area contributed by atoms with Crippen LogP contribution < -0.4 is 11.1 Å². The van der Waals surface area contributed by atoms with Gasteiger partial charge in [0.25, 0.3) is 0 Å². The standard InChI is InChI=1S/C12H11FN4O2/c1-19-11(18)7-3-2-4-8(5-7)16-10-9(13)6-15-12(14)17-10/h2-6H,1H3,(H3,14,15,16,17). The fourth-order valence-electron chi connectivity index (χ4n) is 1.45. The molecule has 3 N–H and O–H groups in total. The van der Waals surface area contributed by atoms with E-state index in [1.54, 1.807) is 18.2 Å². The maximum absolute atomic E-state index is 13.4. The molecule has 2 rings (SSSR count). The molecule has 2 aromatic rings. The third-order valence-electron chi connectivity index (χ3n) is 2.31. The highest BCUT2D eigenvalue weighted by Crippen LogP contribution is 2.19. The fraction of sp³-hybridized carbons (Fsp3) is 0.0833. The summed E-state index contributed by atoms with van der Waals surface area (Å²) in [5.74, 6) is -1.23. The van der Waals surface area contributed by atoms with Crippen LogP contribution in [-0.4, -0.2) is 23.0 Å². The zero-order chi connectivity index (χ0) is 13.8. The van der Waals surface area contributed by atoms with Crippen LogP contribution in [0.3, 0.4) is 0 Å². The van der Waals surface area contributed by atoms with Crippen LogP contribution in [0.1, 0.15) is 10.4 Å². The van der Waals surface area contributed by atoms with Gasteiger partial charge in [-0.1, -0.05) is 6.07 Å². The molecule has 0 saturated heterocycles. The van der Waals surface area contributed by atoms with Gasteiger partial charge in [0, 0.05) is 5.69 Å². The van der Waals surface area contributed by atoms with Crippen molar-refractivity contribution < 1.29 is 13.9 Å². The highest BCUT2D eigenvalue weighted by atomic mass is 19.1. The van der Waals surface area contributed by atoms with Crippen LogP contribution in [0.15, 0.2) is 30.5 Å². The van der Waals surface area contributed by atoms with E-state index in [0.29, 0.717) is 11.3 Å². The first kappa shape index (κ1) is 12.7. The first-order valence-electron chi connectivity index (χ1n) is 5.33. The molecule has 0 amide bonds. The van der Waals surface area contributed by atoms with Crippen molar-refractivity contribution in [2.24, 2.45) is 0 Å². The summed E-state index contributed by atoms with van der Waals surface area (Å²) in [6.45, 7) is 0. The Kier molecular flexibility index (Phi) is 3.56. The van der Waals surface area contributed by atoms with Crippen LogP contribution in [-0.2, 0) is 4.74 Å². The summed E-state index contributed by atoms with van der Waals surface area (Å²) in [4.78, 5) is 18.6. The second-order valence-corrected chi connectivity index (χ2v) is 3.62. The van der Waals surface area contributed by atoms with Gasteiger partial charge < -0.3 is 15.8 Å². The molecule has 0 aliphatic rings. The van der Waals surface area contributed by atoms with Gasteiger partial charge in [0.1, 0.15) is 0 Å². The Morgan fingerprint density at radius 3 is 3.00 bits per heavy atom. The number of halogens is 1. The zero-order valence-corrected chi connectivity index (χ0v) is 10.1. The number of esters is 1. The summed E-state index contributed by atoms with van der Waals surface area (Å²) in [7, 11) is 1.28. The molecular weight excluding hydrogens is 251 g/mol.